The van der Waals surface area contributed by atoms with E-state index in [1.54, 1.807) is 0 Å². The Morgan fingerprint density at radius 2 is 2.05 bits per heavy atom. The van der Waals surface area contributed by atoms with Crippen molar-refractivity contribution >= 4 is 5.91 Å². The average Bonchev–Trinajstić information content (AvgIpc) is 2.43. The minimum absolute atomic E-state index is 0.00946. The number of amides is 1. The van der Waals surface area contributed by atoms with Crippen LogP contribution in [0.1, 0.15) is 37.8 Å². The third-order valence-electron chi connectivity index (χ3n) is 4.25. The van der Waals surface area contributed by atoms with Gasteiger partial charge in [0.1, 0.15) is 0 Å². The molecule has 0 aliphatic heterocycles. The Morgan fingerprint density at radius 1 is 1.40 bits per heavy atom. The smallest absolute Gasteiger partial charge is 0.227 e. The molecule has 20 heavy (non-hydrogen) atoms. The molecule has 2 rings (SSSR count). The van der Waals surface area contributed by atoms with Gasteiger partial charge in [-0.1, -0.05) is 37.3 Å². The molecule has 1 aromatic carbocycles. The Balaban J connectivity index is 2.05. The normalized spacial score (nSPS) is 18.1. The highest BCUT2D eigenvalue weighted by Gasteiger charge is 2.33. The van der Waals surface area contributed by atoms with E-state index in [1.807, 2.05) is 42.2 Å². The van der Waals surface area contributed by atoms with Crippen LogP contribution in [0.3, 0.4) is 0 Å². The van der Waals surface area contributed by atoms with Gasteiger partial charge in [-0.25, -0.2) is 0 Å². The standard InChI is InChI=1S/C16H24N2O2/c1-12(15(17)13-6-3-2-4-7-13)16(20)18(10-11-19)14-8-5-9-14/h2-4,6-7,12,14-15,19H,5,8-11,17H2,1H3. The van der Waals surface area contributed by atoms with Crippen molar-refractivity contribution in [2.75, 3.05) is 13.2 Å². The minimum Gasteiger partial charge on any atom is -0.395 e. The van der Waals surface area contributed by atoms with Crippen molar-refractivity contribution in [1.29, 1.82) is 0 Å². The van der Waals surface area contributed by atoms with Crippen molar-refractivity contribution in [3.05, 3.63) is 35.9 Å². The molecule has 0 radical (unpaired) electrons. The van der Waals surface area contributed by atoms with Gasteiger partial charge < -0.3 is 15.7 Å². The number of hydrogen-bond acceptors (Lipinski definition) is 3. The fraction of sp³-hybridized carbons (Fsp3) is 0.562. The van der Waals surface area contributed by atoms with Crippen molar-refractivity contribution in [2.45, 2.75) is 38.3 Å². The molecule has 1 aromatic rings. The summed E-state index contributed by atoms with van der Waals surface area (Å²) >= 11 is 0. The monoisotopic (exact) mass is 276 g/mol. The third kappa shape index (κ3) is 3.19. The lowest BCUT2D eigenvalue weighted by Gasteiger charge is -2.39. The topological polar surface area (TPSA) is 66.6 Å². The maximum Gasteiger partial charge on any atom is 0.227 e. The number of aliphatic hydroxyl groups is 1. The molecule has 110 valence electrons. The second-order valence-electron chi connectivity index (χ2n) is 5.57. The van der Waals surface area contributed by atoms with Crippen molar-refractivity contribution in [3.63, 3.8) is 0 Å². The molecule has 0 bridgehead atoms. The summed E-state index contributed by atoms with van der Waals surface area (Å²) < 4.78 is 0. The van der Waals surface area contributed by atoms with Crippen molar-refractivity contribution in [3.8, 4) is 0 Å². The summed E-state index contributed by atoms with van der Waals surface area (Å²) in [7, 11) is 0. The van der Waals surface area contributed by atoms with Crippen LogP contribution < -0.4 is 5.73 Å². The fourth-order valence-corrected chi connectivity index (χ4v) is 2.66. The Labute approximate surface area is 120 Å². The van der Waals surface area contributed by atoms with Crippen molar-refractivity contribution < 1.29 is 9.90 Å². The number of carbonyl (C=O) groups excluding carboxylic acids is 1. The summed E-state index contributed by atoms with van der Waals surface area (Å²) in [4.78, 5) is 14.4. The molecule has 0 aromatic heterocycles. The maximum absolute atomic E-state index is 12.6. The van der Waals surface area contributed by atoms with Crippen LogP contribution in [0.4, 0.5) is 0 Å². The quantitative estimate of drug-likeness (QED) is 0.831. The molecule has 2 atom stereocenters. The number of nitrogens with zero attached hydrogens (tertiary/aromatic N) is 1. The van der Waals surface area contributed by atoms with Gasteiger partial charge in [0.25, 0.3) is 0 Å². The summed E-state index contributed by atoms with van der Waals surface area (Å²) in [6.07, 6.45) is 3.25. The SMILES string of the molecule is CC(C(=O)N(CCO)C1CCC1)C(N)c1ccccc1. The van der Waals surface area contributed by atoms with E-state index in [0.29, 0.717) is 12.6 Å². The molecular formula is C16H24N2O2. The molecular weight excluding hydrogens is 252 g/mol. The third-order valence-corrected chi connectivity index (χ3v) is 4.25. The zero-order valence-electron chi connectivity index (χ0n) is 12.0. The first kappa shape index (κ1) is 15.0. The Kier molecular flexibility index (Phi) is 5.15. The van der Waals surface area contributed by atoms with Crippen LogP contribution in [0.5, 0.6) is 0 Å². The first-order valence-electron chi connectivity index (χ1n) is 7.37. The van der Waals surface area contributed by atoms with E-state index in [1.165, 1.54) is 6.42 Å². The minimum atomic E-state index is -0.301. The summed E-state index contributed by atoms with van der Waals surface area (Å²) in [5, 5.41) is 9.17. The zero-order chi connectivity index (χ0) is 14.5. The highest BCUT2D eigenvalue weighted by molar-refractivity contribution is 5.80. The van der Waals surface area contributed by atoms with Gasteiger partial charge in [0, 0.05) is 18.6 Å². The van der Waals surface area contributed by atoms with Crippen LogP contribution in [0.25, 0.3) is 0 Å². The van der Waals surface area contributed by atoms with E-state index in [-0.39, 0.29) is 24.5 Å². The van der Waals surface area contributed by atoms with Crippen LogP contribution >= 0.6 is 0 Å². The Bertz CT molecular complexity index is 431. The lowest BCUT2D eigenvalue weighted by Crippen LogP contribution is -2.49. The van der Waals surface area contributed by atoms with Gasteiger partial charge in [-0.05, 0) is 24.8 Å². The Morgan fingerprint density at radius 3 is 2.55 bits per heavy atom. The molecule has 2 unspecified atom stereocenters. The predicted molar refractivity (Wildman–Crippen MR) is 79.0 cm³/mol. The molecule has 1 aliphatic carbocycles. The van der Waals surface area contributed by atoms with E-state index in [4.69, 9.17) is 10.8 Å². The fourth-order valence-electron chi connectivity index (χ4n) is 2.66. The molecule has 3 N–H and O–H groups in total. The molecule has 4 heteroatoms. The van der Waals surface area contributed by atoms with E-state index in [2.05, 4.69) is 0 Å². The van der Waals surface area contributed by atoms with Crippen LogP contribution in [0.2, 0.25) is 0 Å². The largest absolute Gasteiger partial charge is 0.395 e. The lowest BCUT2D eigenvalue weighted by atomic mass is 9.88. The molecule has 4 nitrogen and oxygen atoms in total. The van der Waals surface area contributed by atoms with Gasteiger partial charge in [-0.15, -0.1) is 0 Å². The summed E-state index contributed by atoms with van der Waals surface area (Å²) in [5.41, 5.74) is 7.20. The van der Waals surface area contributed by atoms with E-state index in [9.17, 15) is 4.79 Å². The van der Waals surface area contributed by atoms with E-state index >= 15 is 0 Å². The number of rotatable bonds is 6. The van der Waals surface area contributed by atoms with Gasteiger partial charge in [-0.3, -0.25) is 4.79 Å². The van der Waals surface area contributed by atoms with Crippen LogP contribution in [0, 0.1) is 5.92 Å². The number of benzene rings is 1. The second-order valence-corrected chi connectivity index (χ2v) is 5.57. The molecule has 1 amide bonds. The van der Waals surface area contributed by atoms with Gasteiger partial charge in [0.2, 0.25) is 5.91 Å². The lowest BCUT2D eigenvalue weighted by molar-refractivity contribution is -0.140. The number of hydrogen-bond donors (Lipinski definition) is 2. The predicted octanol–water partition coefficient (Wildman–Crippen LogP) is 1.70. The summed E-state index contributed by atoms with van der Waals surface area (Å²) in [5.74, 6) is -0.218. The van der Waals surface area contributed by atoms with Gasteiger partial charge >= 0.3 is 0 Å². The van der Waals surface area contributed by atoms with E-state index in [0.717, 1.165) is 18.4 Å². The number of aliphatic hydroxyl groups excluding tert-OH is 1. The van der Waals surface area contributed by atoms with Crippen molar-refractivity contribution in [1.82, 2.24) is 4.90 Å². The molecule has 0 spiro atoms. The first-order valence-corrected chi connectivity index (χ1v) is 7.37. The van der Waals surface area contributed by atoms with Crippen LogP contribution in [-0.2, 0) is 4.79 Å². The second kappa shape index (κ2) is 6.86. The molecule has 0 heterocycles. The highest BCUT2D eigenvalue weighted by Crippen LogP contribution is 2.28. The van der Waals surface area contributed by atoms with Gasteiger partial charge in [0.15, 0.2) is 0 Å². The van der Waals surface area contributed by atoms with Crippen LogP contribution in [0.15, 0.2) is 30.3 Å². The Hall–Kier alpha value is -1.39. The van der Waals surface area contributed by atoms with Gasteiger partial charge in [0.05, 0.1) is 12.5 Å². The number of carbonyl (C=O) groups is 1. The molecule has 1 fully saturated rings. The summed E-state index contributed by atoms with van der Waals surface area (Å²) in [6, 6.07) is 9.70. The molecule has 1 saturated carbocycles. The maximum atomic E-state index is 12.6. The van der Waals surface area contributed by atoms with Crippen LogP contribution in [-0.4, -0.2) is 35.1 Å². The average molecular weight is 276 g/mol. The number of nitrogens with two attached hydrogens (primary N) is 1. The molecule has 0 saturated heterocycles. The van der Waals surface area contributed by atoms with E-state index < -0.39 is 0 Å². The van der Waals surface area contributed by atoms with Crippen molar-refractivity contribution in [2.24, 2.45) is 11.7 Å². The van der Waals surface area contributed by atoms with Gasteiger partial charge in [-0.2, -0.15) is 0 Å². The summed E-state index contributed by atoms with van der Waals surface area (Å²) in [6.45, 7) is 2.30. The molecule has 1 aliphatic rings. The first-order chi connectivity index (χ1) is 9.65. The zero-order valence-corrected chi connectivity index (χ0v) is 12.0. The highest BCUT2D eigenvalue weighted by atomic mass is 16.3.